The minimum atomic E-state index is -0.538. The van der Waals surface area contributed by atoms with Gasteiger partial charge in [-0.05, 0) is 63.5 Å². The lowest BCUT2D eigenvalue weighted by Gasteiger charge is -2.12. The molecule has 168 valence electrons. The smallest absolute Gasteiger partial charge is 0.228 e. The van der Waals surface area contributed by atoms with Crippen LogP contribution in [0.1, 0.15) is 43.5 Å². The molecule has 0 aliphatic heterocycles. The molecule has 1 fully saturated rings. The first kappa shape index (κ1) is 22.3. The van der Waals surface area contributed by atoms with E-state index in [0.717, 1.165) is 47.0 Å². The lowest BCUT2D eigenvalue weighted by atomic mass is 10.0. The van der Waals surface area contributed by atoms with Crippen molar-refractivity contribution in [3.05, 3.63) is 48.0 Å². The number of carbonyl (C=O) groups is 1. The molecule has 2 N–H and O–H groups in total. The van der Waals surface area contributed by atoms with E-state index in [4.69, 9.17) is 0 Å². The van der Waals surface area contributed by atoms with E-state index in [1.807, 2.05) is 46.1 Å². The van der Waals surface area contributed by atoms with Crippen LogP contribution in [0.3, 0.4) is 0 Å². The van der Waals surface area contributed by atoms with Crippen molar-refractivity contribution in [2.45, 2.75) is 39.2 Å². The Kier molecular flexibility index (Phi) is 6.48. The van der Waals surface area contributed by atoms with Crippen molar-refractivity contribution in [2.75, 3.05) is 26.0 Å². The number of fused-ring (bicyclic) bond motifs is 1. The summed E-state index contributed by atoms with van der Waals surface area (Å²) in [7, 11) is 4.06. The van der Waals surface area contributed by atoms with Crippen LogP contribution in [-0.4, -0.2) is 51.5 Å². The Morgan fingerprint density at radius 2 is 1.91 bits per heavy atom. The van der Waals surface area contributed by atoms with Crippen LogP contribution >= 0.6 is 0 Å². The minimum Gasteiger partial charge on any atom is -0.387 e. The summed E-state index contributed by atoms with van der Waals surface area (Å²) in [6, 6.07) is 5.77. The second kappa shape index (κ2) is 9.30. The van der Waals surface area contributed by atoms with Crippen molar-refractivity contribution in [1.82, 2.24) is 19.9 Å². The Bertz CT molecular complexity index is 1130. The first-order valence-electron chi connectivity index (χ1n) is 11.2. The highest BCUT2D eigenvalue weighted by molar-refractivity contribution is 5.96. The fourth-order valence-corrected chi connectivity index (χ4v) is 4.16. The number of pyridine rings is 3. The molecule has 7 nitrogen and oxygen atoms in total. The molecule has 3 heterocycles. The van der Waals surface area contributed by atoms with Gasteiger partial charge in [-0.2, -0.15) is 0 Å². The maximum Gasteiger partial charge on any atom is 0.228 e. The monoisotopic (exact) mass is 433 g/mol. The molecule has 0 bridgehead atoms. The Hall–Kier alpha value is -2.90. The molecule has 1 amide bonds. The van der Waals surface area contributed by atoms with Crippen LogP contribution in [0.25, 0.3) is 22.0 Å². The fraction of sp³-hybridized carbons (Fsp3) is 0.440. The minimum absolute atomic E-state index is 0.0420. The number of aliphatic hydroxyl groups excluding tert-OH is 1. The predicted molar refractivity (Wildman–Crippen MR) is 126 cm³/mol. The second-order valence-electron chi connectivity index (χ2n) is 9.07. The maximum absolute atomic E-state index is 12.5. The van der Waals surface area contributed by atoms with E-state index >= 15 is 0 Å². The molecule has 0 radical (unpaired) electrons. The number of amides is 1. The fourth-order valence-electron chi connectivity index (χ4n) is 4.16. The third-order valence-electron chi connectivity index (χ3n) is 6.02. The Morgan fingerprint density at radius 1 is 1.16 bits per heavy atom. The van der Waals surface area contributed by atoms with Crippen LogP contribution in [0.4, 0.5) is 5.82 Å². The van der Waals surface area contributed by atoms with Crippen LogP contribution in [0.15, 0.2) is 36.8 Å². The molecule has 0 unspecified atom stereocenters. The van der Waals surface area contributed by atoms with Gasteiger partial charge in [0.1, 0.15) is 5.82 Å². The molecule has 1 aliphatic rings. The molecular formula is C25H31N5O2. The number of aromatic nitrogens is 3. The average molecular weight is 434 g/mol. The van der Waals surface area contributed by atoms with Gasteiger partial charge in [0.05, 0.1) is 17.5 Å². The predicted octanol–water partition coefficient (Wildman–Crippen LogP) is 3.97. The van der Waals surface area contributed by atoms with E-state index in [-0.39, 0.29) is 11.8 Å². The molecule has 7 heteroatoms. The first-order chi connectivity index (χ1) is 15.4. The number of nitrogens with one attached hydrogen (secondary N) is 1. The summed E-state index contributed by atoms with van der Waals surface area (Å²) in [5.74, 6) is 1.10. The summed E-state index contributed by atoms with van der Waals surface area (Å²) in [6.07, 6.45) is 7.34. The third-order valence-corrected chi connectivity index (χ3v) is 6.02. The van der Waals surface area contributed by atoms with E-state index in [1.165, 1.54) is 0 Å². The van der Waals surface area contributed by atoms with E-state index in [1.54, 1.807) is 18.6 Å². The lowest BCUT2D eigenvalue weighted by molar-refractivity contribution is -0.117. The van der Waals surface area contributed by atoms with Gasteiger partial charge in [-0.25, -0.2) is 4.98 Å². The summed E-state index contributed by atoms with van der Waals surface area (Å²) in [5.41, 5.74) is 3.45. The number of carbonyl (C=O) groups excluding carboxylic acids is 1. The molecule has 0 saturated heterocycles. The van der Waals surface area contributed by atoms with E-state index in [0.29, 0.717) is 23.9 Å². The molecular weight excluding hydrogens is 402 g/mol. The highest BCUT2D eigenvalue weighted by atomic mass is 16.3. The Morgan fingerprint density at radius 3 is 2.62 bits per heavy atom. The largest absolute Gasteiger partial charge is 0.387 e. The normalized spacial score (nSPS) is 18.7. The van der Waals surface area contributed by atoms with Gasteiger partial charge >= 0.3 is 0 Å². The van der Waals surface area contributed by atoms with Crippen LogP contribution in [0.5, 0.6) is 0 Å². The summed E-state index contributed by atoms with van der Waals surface area (Å²) < 4.78 is 0. The zero-order valence-corrected chi connectivity index (χ0v) is 19.2. The average Bonchev–Trinajstić information content (AvgIpc) is 3.52. The van der Waals surface area contributed by atoms with Crippen LogP contribution in [0, 0.1) is 18.8 Å². The molecule has 3 aromatic heterocycles. The van der Waals surface area contributed by atoms with Crippen molar-refractivity contribution in [1.29, 1.82) is 0 Å². The quantitative estimate of drug-likeness (QED) is 0.559. The molecule has 0 spiro atoms. The van der Waals surface area contributed by atoms with Gasteiger partial charge in [0, 0.05) is 47.4 Å². The highest BCUT2D eigenvalue weighted by Gasteiger charge is 2.43. The van der Waals surface area contributed by atoms with Crippen LogP contribution in [-0.2, 0) is 4.79 Å². The van der Waals surface area contributed by atoms with E-state index in [9.17, 15) is 9.90 Å². The highest BCUT2D eigenvalue weighted by Crippen LogP contribution is 2.39. The molecule has 0 aromatic carbocycles. The molecule has 3 aromatic rings. The topological polar surface area (TPSA) is 91.2 Å². The van der Waals surface area contributed by atoms with E-state index < -0.39 is 6.10 Å². The number of rotatable bonds is 8. The second-order valence-corrected chi connectivity index (χ2v) is 9.07. The summed E-state index contributed by atoms with van der Waals surface area (Å²) in [4.78, 5) is 28.1. The number of aryl methyl sites for hydroxylation is 1. The molecule has 32 heavy (non-hydrogen) atoms. The first-order valence-corrected chi connectivity index (χ1v) is 11.2. The van der Waals surface area contributed by atoms with Gasteiger partial charge in [0.15, 0.2) is 0 Å². The van der Waals surface area contributed by atoms with Gasteiger partial charge < -0.3 is 15.3 Å². The molecule has 1 saturated carbocycles. The standard InChI is InChI=1S/C25H31N5O2/c1-5-6-23(31)22-7-15(2)20(13-27-22)21-9-16-12-28-24(10-17(16)11-26-21)29-25(32)19-8-18(19)14-30(3)4/h7,9-13,18-19,23,31H,5-6,8,14H2,1-4H3,(H,28,29,32)/t18-,19+,23+/m1/s1. The van der Waals surface area contributed by atoms with Gasteiger partial charge in [-0.15, -0.1) is 0 Å². The zero-order chi connectivity index (χ0) is 22.8. The number of nitrogens with zero attached hydrogens (tertiary/aromatic N) is 4. The number of aliphatic hydroxyl groups is 1. The molecule has 3 atom stereocenters. The van der Waals surface area contributed by atoms with Crippen molar-refractivity contribution >= 4 is 22.5 Å². The SMILES string of the molecule is CCC[C@H](O)c1cc(C)c(-c2cc3cnc(NC(=O)[C@H]4C[C@@H]4CN(C)C)cc3cn2)cn1. The summed E-state index contributed by atoms with van der Waals surface area (Å²) in [5, 5.41) is 15.0. The van der Waals surface area contributed by atoms with Gasteiger partial charge in [-0.1, -0.05) is 13.3 Å². The third kappa shape index (κ3) is 4.95. The van der Waals surface area contributed by atoms with Gasteiger partial charge in [0.2, 0.25) is 5.91 Å². The number of anilines is 1. The van der Waals surface area contributed by atoms with Crippen molar-refractivity contribution < 1.29 is 9.90 Å². The summed E-state index contributed by atoms with van der Waals surface area (Å²) in [6.45, 7) is 4.98. The number of hydrogen-bond donors (Lipinski definition) is 2. The summed E-state index contributed by atoms with van der Waals surface area (Å²) >= 11 is 0. The van der Waals surface area contributed by atoms with Crippen molar-refractivity contribution in [2.24, 2.45) is 11.8 Å². The van der Waals surface area contributed by atoms with Crippen LogP contribution in [0.2, 0.25) is 0 Å². The maximum atomic E-state index is 12.5. The Labute approximate surface area is 188 Å². The van der Waals surface area contributed by atoms with Crippen molar-refractivity contribution in [3.8, 4) is 11.3 Å². The molecule has 1 aliphatic carbocycles. The van der Waals surface area contributed by atoms with E-state index in [2.05, 4.69) is 25.2 Å². The molecule has 4 rings (SSSR count). The van der Waals surface area contributed by atoms with Crippen molar-refractivity contribution in [3.63, 3.8) is 0 Å². The zero-order valence-electron chi connectivity index (χ0n) is 19.2. The van der Waals surface area contributed by atoms with Gasteiger partial charge in [-0.3, -0.25) is 14.8 Å². The lowest BCUT2D eigenvalue weighted by Crippen LogP contribution is -2.20. The Balaban J connectivity index is 1.49. The van der Waals surface area contributed by atoms with Gasteiger partial charge in [0.25, 0.3) is 0 Å². The number of hydrogen-bond acceptors (Lipinski definition) is 6. The van der Waals surface area contributed by atoms with Crippen LogP contribution < -0.4 is 5.32 Å².